The summed E-state index contributed by atoms with van der Waals surface area (Å²) in [4.78, 5) is 6.59. The summed E-state index contributed by atoms with van der Waals surface area (Å²) < 4.78 is 52.8. The summed E-state index contributed by atoms with van der Waals surface area (Å²) in [5, 5.41) is 9.11. The number of fused-ring (bicyclic) bond motifs is 1. The Labute approximate surface area is 249 Å². The van der Waals surface area contributed by atoms with Crippen LogP contribution >= 0.6 is 11.3 Å². The summed E-state index contributed by atoms with van der Waals surface area (Å²) in [6.45, 7) is 6.04. The summed E-state index contributed by atoms with van der Waals surface area (Å²) in [5.41, 5.74) is 4.19. The van der Waals surface area contributed by atoms with Gasteiger partial charge >= 0.3 is 0 Å². The molecule has 0 fully saturated rings. The van der Waals surface area contributed by atoms with E-state index in [1.54, 1.807) is 43.3 Å². The van der Waals surface area contributed by atoms with Crippen LogP contribution in [0.5, 0.6) is 0 Å². The number of hydrogen-bond donors (Lipinski definition) is 2. The first-order valence-corrected chi connectivity index (χ1v) is 16.7. The number of benzene rings is 3. The highest BCUT2D eigenvalue weighted by atomic mass is 32.2. The molecule has 0 radical (unpaired) electrons. The minimum Gasteiger partial charge on any atom is -0.327 e. The number of hydrazone groups is 2. The average molecular weight is 620 g/mol. The van der Waals surface area contributed by atoms with Crippen molar-refractivity contribution in [2.45, 2.75) is 37.1 Å². The van der Waals surface area contributed by atoms with Gasteiger partial charge in [-0.05, 0) is 62.7 Å². The van der Waals surface area contributed by atoms with E-state index >= 15 is 0 Å². The lowest BCUT2D eigenvalue weighted by Crippen LogP contribution is -2.19. The standard InChI is InChI=1S/C30H29N5O4S3/c1-21-9-13-27(14-10-21)41(36,37)33-31-19-26-17-25-18-29(40-30(25)35(26)20-24-7-5-4-6-8-24)23(3)32-34-42(38,39)28-15-11-22(2)12-16-28/h4-19,33-34H,20H2,1-3H3/b31-19+,32-23-. The van der Waals surface area contributed by atoms with Crippen LogP contribution in [-0.2, 0) is 26.6 Å². The first-order chi connectivity index (χ1) is 20.0. The van der Waals surface area contributed by atoms with Gasteiger partial charge in [0.05, 0.1) is 32.3 Å². The molecule has 9 nitrogen and oxygen atoms in total. The largest absolute Gasteiger partial charge is 0.327 e. The fraction of sp³-hybridized carbons (Fsp3) is 0.133. The molecule has 0 aliphatic heterocycles. The number of rotatable bonds is 10. The fourth-order valence-corrected chi connectivity index (χ4v) is 6.92. The summed E-state index contributed by atoms with van der Waals surface area (Å²) in [5.74, 6) is 0. The zero-order valence-electron chi connectivity index (χ0n) is 23.1. The molecule has 3 aromatic carbocycles. The molecule has 0 aliphatic carbocycles. The van der Waals surface area contributed by atoms with Crippen molar-refractivity contribution in [3.8, 4) is 0 Å². The molecule has 0 aliphatic rings. The second kappa shape index (κ2) is 11.9. The number of thiophene rings is 1. The Balaban J connectivity index is 1.43. The number of hydrogen-bond acceptors (Lipinski definition) is 7. The number of nitrogens with one attached hydrogen (secondary N) is 2. The summed E-state index contributed by atoms with van der Waals surface area (Å²) >= 11 is 1.45. The maximum Gasteiger partial charge on any atom is 0.276 e. The molecule has 0 bridgehead atoms. The lowest BCUT2D eigenvalue weighted by molar-refractivity contribution is 0.583. The van der Waals surface area contributed by atoms with Crippen LogP contribution in [0.25, 0.3) is 10.2 Å². The van der Waals surface area contributed by atoms with E-state index in [-0.39, 0.29) is 9.79 Å². The molecule has 2 N–H and O–H groups in total. The average Bonchev–Trinajstić information content (AvgIpc) is 3.52. The molecule has 0 amide bonds. The molecule has 0 unspecified atom stereocenters. The van der Waals surface area contributed by atoms with Crippen molar-refractivity contribution < 1.29 is 16.8 Å². The highest BCUT2D eigenvalue weighted by Gasteiger charge is 2.17. The van der Waals surface area contributed by atoms with E-state index in [1.807, 2.05) is 60.9 Å². The summed E-state index contributed by atoms with van der Waals surface area (Å²) in [6.07, 6.45) is 1.48. The quantitative estimate of drug-likeness (QED) is 0.161. The van der Waals surface area contributed by atoms with Gasteiger partial charge in [0, 0.05) is 11.9 Å². The van der Waals surface area contributed by atoms with Gasteiger partial charge in [0.1, 0.15) is 4.83 Å². The highest BCUT2D eigenvalue weighted by Crippen LogP contribution is 2.30. The number of nitrogens with zero attached hydrogens (tertiary/aromatic N) is 3. The van der Waals surface area contributed by atoms with Gasteiger partial charge < -0.3 is 4.57 Å². The Bertz CT molecular complexity index is 1990. The predicted octanol–water partition coefficient (Wildman–Crippen LogP) is 5.38. The van der Waals surface area contributed by atoms with Crippen molar-refractivity contribution >= 4 is 53.5 Å². The smallest absolute Gasteiger partial charge is 0.276 e. The molecule has 216 valence electrons. The number of sulfonamides is 2. The van der Waals surface area contributed by atoms with Crippen LogP contribution in [0.3, 0.4) is 0 Å². The zero-order chi connectivity index (χ0) is 29.9. The van der Waals surface area contributed by atoms with Gasteiger partial charge in [0.2, 0.25) is 0 Å². The molecule has 5 rings (SSSR count). The Morgan fingerprint density at radius 3 is 1.98 bits per heavy atom. The zero-order valence-corrected chi connectivity index (χ0v) is 25.6. The topological polar surface area (TPSA) is 122 Å². The second-order valence-corrected chi connectivity index (χ2v) is 14.1. The lowest BCUT2D eigenvalue weighted by Gasteiger charge is -2.08. The second-order valence-electron chi connectivity index (χ2n) is 9.78. The molecule has 0 atom stereocenters. The van der Waals surface area contributed by atoms with Crippen molar-refractivity contribution in [3.05, 3.63) is 118 Å². The van der Waals surface area contributed by atoms with Crippen LogP contribution in [0.15, 0.2) is 111 Å². The molecular formula is C30H29N5O4S3. The van der Waals surface area contributed by atoms with E-state index in [4.69, 9.17) is 0 Å². The molecule has 5 aromatic rings. The molecular weight excluding hydrogens is 591 g/mol. The van der Waals surface area contributed by atoms with Gasteiger partial charge in [0.25, 0.3) is 20.0 Å². The molecule has 2 heterocycles. The van der Waals surface area contributed by atoms with Crippen LogP contribution in [0.2, 0.25) is 0 Å². The van der Waals surface area contributed by atoms with Gasteiger partial charge in [0.15, 0.2) is 0 Å². The van der Waals surface area contributed by atoms with Crippen LogP contribution in [-0.4, -0.2) is 33.3 Å². The minimum absolute atomic E-state index is 0.128. The van der Waals surface area contributed by atoms with Gasteiger partial charge in [-0.15, -0.1) is 11.3 Å². The van der Waals surface area contributed by atoms with Crippen molar-refractivity contribution in [1.29, 1.82) is 0 Å². The van der Waals surface area contributed by atoms with Crippen molar-refractivity contribution in [1.82, 2.24) is 14.2 Å². The normalized spacial score (nSPS) is 12.7. The Hall–Kier alpha value is -4.26. The van der Waals surface area contributed by atoms with E-state index in [2.05, 4.69) is 19.9 Å². The van der Waals surface area contributed by atoms with E-state index < -0.39 is 20.0 Å². The maximum absolute atomic E-state index is 12.7. The van der Waals surface area contributed by atoms with Gasteiger partial charge in [-0.1, -0.05) is 65.7 Å². The molecule has 42 heavy (non-hydrogen) atoms. The predicted molar refractivity (Wildman–Crippen MR) is 168 cm³/mol. The Morgan fingerprint density at radius 1 is 0.810 bits per heavy atom. The van der Waals surface area contributed by atoms with Crippen LogP contribution < -0.4 is 9.66 Å². The number of aromatic nitrogens is 1. The monoisotopic (exact) mass is 619 g/mol. The first-order valence-electron chi connectivity index (χ1n) is 12.9. The van der Waals surface area contributed by atoms with Crippen molar-refractivity contribution in [2.75, 3.05) is 0 Å². The van der Waals surface area contributed by atoms with Crippen LogP contribution in [0, 0.1) is 13.8 Å². The molecule has 2 aromatic heterocycles. The van der Waals surface area contributed by atoms with Gasteiger partial charge in [-0.3, -0.25) is 0 Å². The SMILES string of the molecule is C/C(=N/NS(=O)(=O)c1ccc(C)cc1)c1cc2cc(/C=N/NS(=O)(=O)c3ccc(C)cc3)n(Cc3ccccc3)c2s1. The van der Waals surface area contributed by atoms with E-state index in [0.29, 0.717) is 18.0 Å². The van der Waals surface area contributed by atoms with E-state index in [1.165, 1.54) is 29.7 Å². The summed E-state index contributed by atoms with van der Waals surface area (Å²) in [6, 6.07) is 26.8. The minimum atomic E-state index is -3.82. The van der Waals surface area contributed by atoms with Crippen molar-refractivity contribution in [2.24, 2.45) is 10.2 Å². The Kier molecular flexibility index (Phi) is 8.30. The molecule has 0 saturated carbocycles. The number of aryl methyl sites for hydroxylation is 2. The van der Waals surface area contributed by atoms with Gasteiger partial charge in [-0.25, -0.2) is 4.83 Å². The molecule has 0 spiro atoms. The van der Waals surface area contributed by atoms with Crippen molar-refractivity contribution in [3.63, 3.8) is 0 Å². The first kappa shape index (κ1) is 29.2. The highest BCUT2D eigenvalue weighted by molar-refractivity contribution is 7.89. The Morgan fingerprint density at radius 2 is 1.38 bits per heavy atom. The lowest BCUT2D eigenvalue weighted by atomic mass is 10.2. The molecule has 12 heteroatoms. The summed E-state index contributed by atoms with van der Waals surface area (Å²) in [7, 11) is -7.63. The van der Waals surface area contributed by atoms with E-state index in [0.717, 1.165) is 31.8 Å². The van der Waals surface area contributed by atoms with E-state index in [9.17, 15) is 16.8 Å². The molecule has 0 saturated heterocycles. The fourth-order valence-electron chi connectivity index (χ4n) is 4.16. The van der Waals surface area contributed by atoms with Crippen LogP contribution in [0.4, 0.5) is 0 Å². The third-order valence-electron chi connectivity index (χ3n) is 6.51. The third-order valence-corrected chi connectivity index (χ3v) is 10.3. The maximum atomic E-state index is 12.7. The third kappa shape index (κ3) is 6.62. The van der Waals surface area contributed by atoms with Crippen LogP contribution in [0.1, 0.15) is 34.2 Å². The van der Waals surface area contributed by atoms with Gasteiger partial charge in [-0.2, -0.15) is 31.9 Å².